The van der Waals surface area contributed by atoms with Gasteiger partial charge in [-0.15, -0.1) is 0 Å². The van der Waals surface area contributed by atoms with Gasteiger partial charge in [-0.3, -0.25) is 0 Å². The van der Waals surface area contributed by atoms with Crippen molar-refractivity contribution < 1.29 is 4.74 Å². The van der Waals surface area contributed by atoms with Gasteiger partial charge in [-0.05, 0) is 37.5 Å². The maximum atomic E-state index is 5.27. The maximum Gasteiger partial charge on any atom is 0.0867 e. The molecule has 0 amide bonds. The maximum absolute atomic E-state index is 5.27. The highest BCUT2D eigenvalue weighted by Crippen LogP contribution is 2.42. The van der Waals surface area contributed by atoms with Crippen LogP contribution in [0.2, 0.25) is 0 Å². The lowest BCUT2D eigenvalue weighted by molar-refractivity contribution is 0.276. The Hall–Kier alpha value is -0.300. The van der Waals surface area contributed by atoms with Gasteiger partial charge in [0.15, 0.2) is 0 Å². The first kappa shape index (κ1) is 9.26. The molecule has 1 heterocycles. The van der Waals surface area contributed by atoms with Crippen LogP contribution in [-0.2, 0) is 4.74 Å². The summed E-state index contributed by atoms with van der Waals surface area (Å²) in [7, 11) is 0. The second-order valence-electron chi connectivity index (χ2n) is 4.68. The van der Waals surface area contributed by atoms with Crippen LogP contribution < -0.4 is 0 Å². The molecule has 0 bridgehead atoms. The largest absolute Gasteiger partial charge is 0.369 e. The lowest BCUT2D eigenvalue weighted by Crippen LogP contribution is -1.95. The molecule has 2 fully saturated rings. The van der Waals surface area contributed by atoms with Gasteiger partial charge in [0.2, 0.25) is 0 Å². The molecule has 1 nitrogen and oxygen atoms in total. The van der Waals surface area contributed by atoms with E-state index in [0.29, 0.717) is 12.2 Å². The summed E-state index contributed by atoms with van der Waals surface area (Å²) in [6.45, 7) is 4.53. The van der Waals surface area contributed by atoms with E-state index in [0.717, 1.165) is 11.8 Å². The highest BCUT2D eigenvalue weighted by atomic mass is 16.6. The third-order valence-electron chi connectivity index (χ3n) is 3.34. The van der Waals surface area contributed by atoms with Crippen molar-refractivity contribution in [2.45, 2.75) is 51.7 Å². The van der Waals surface area contributed by atoms with Crippen LogP contribution in [0.5, 0.6) is 0 Å². The first-order valence-corrected chi connectivity index (χ1v) is 5.59. The van der Waals surface area contributed by atoms with Gasteiger partial charge in [0, 0.05) is 0 Å². The Kier molecular flexibility index (Phi) is 2.73. The summed E-state index contributed by atoms with van der Waals surface area (Å²) in [5.41, 5.74) is 0. The zero-order valence-corrected chi connectivity index (χ0v) is 8.70. The molecule has 3 rings (SSSR count). The average molecular weight is 180 g/mol. The van der Waals surface area contributed by atoms with Crippen LogP contribution >= 0.6 is 0 Å². The smallest absolute Gasteiger partial charge is 0.0867 e. The number of rotatable bonds is 0. The van der Waals surface area contributed by atoms with Crippen LogP contribution in [0.4, 0.5) is 0 Å². The second kappa shape index (κ2) is 3.83. The molecule has 0 N–H and O–H groups in total. The highest BCUT2D eigenvalue weighted by Gasteiger charge is 2.47. The van der Waals surface area contributed by atoms with Crippen molar-refractivity contribution in [2.75, 3.05) is 0 Å². The lowest BCUT2D eigenvalue weighted by Gasteiger charge is -1.97. The van der Waals surface area contributed by atoms with Gasteiger partial charge in [0.25, 0.3) is 0 Å². The first-order chi connectivity index (χ1) is 6.27. The molecule has 1 heteroatoms. The summed E-state index contributed by atoms with van der Waals surface area (Å²) in [4.78, 5) is 0. The summed E-state index contributed by atoms with van der Waals surface area (Å²) >= 11 is 0. The van der Waals surface area contributed by atoms with E-state index in [9.17, 15) is 0 Å². The molecule has 0 aromatic rings. The van der Waals surface area contributed by atoms with E-state index >= 15 is 0 Å². The summed E-state index contributed by atoms with van der Waals surface area (Å²) in [6.07, 6.45) is 11.3. The summed E-state index contributed by atoms with van der Waals surface area (Å²) < 4.78 is 5.27. The van der Waals surface area contributed by atoms with Gasteiger partial charge in [-0.2, -0.15) is 0 Å². The molecule has 0 spiro atoms. The van der Waals surface area contributed by atoms with Crippen molar-refractivity contribution in [3.05, 3.63) is 12.2 Å². The van der Waals surface area contributed by atoms with Crippen molar-refractivity contribution >= 4 is 0 Å². The zero-order valence-electron chi connectivity index (χ0n) is 8.70. The molecule has 3 aliphatic rings. The summed E-state index contributed by atoms with van der Waals surface area (Å²) in [5, 5.41) is 0. The van der Waals surface area contributed by atoms with Gasteiger partial charge in [0.1, 0.15) is 0 Å². The fourth-order valence-electron chi connectivity index (χ4n) is 2.26. The molecule has 0 aromatic carbocycles. The van der Waals surface area contributed by atoms with E-state index in [-0.39, 0.29) is 0 Å². The second-order valence-corrected chi connectivity index (χ2v) is 4.68. The van der Waals surface area contributed by atoms with Crippen LogP contribution in [-0.4, -0.2) is 12.2 Å². The highest BCUT2D eigenvalue weighted by molar-refractivity contribution is 4.95. The van der Waals surface area contributed by atoms with Crippen LogP contribution in [0.25, 0.3) is 0 Å². The quantitative estimate of drug-likeness (QED) is 0.412. The monoisotopic (exact) mass is 180 g/mol. The number of ether oxygens (including phenoxy) is 1. The van der Waals surface area contributed by atoms with Crippen LogP contribution in [0.1, 0.15) is 39.5 Å². The topological polar surface area (TPSA) is 12.5 Å². The number of hydrogen-bond acceptors (Lipinski definition) is 1. The molecule has 4 atom stereocenters. The molecule has 2 aliphatic carbocycles. The van der Waals surface area contributed by atoms with E-state index in [1.165, 1.54) is 25.7 Å². The predicted octanol–water partition coefficient (Wildman–Crippen LogP) is 3.16. The minimum absolute atomic E-state index is 0.681. The summed E-state index contributed by atoms with van der Waals surface area (Å²) in [5.74, 6) is 1.73. The Morgan fingerprint density at radius 1 is 1.15 bits per heavy atom. The first-order valence-electron chi connectivity index (χ1n) is 5.59. The Bertz CT molecular complexity index is 197. The molecule has 1 saturated heterocycles. The van der Waals surface area contributed by atoms with Gasteiger partial charge < -0.3 is 4.74 Å². The Balaban J connectivity index is 0.000000102. The zero-order chi connectivity index (χ0) is 9.26. The predicted molar refractivity (Wildman–Crippen MR) is 54.6 cm³/mol. The number of epoxide rings is 1. The molecule has 0 radical (unpaired) electrons. The van der Waals surface area contributed by atoms with Crippen LogP contribution in [0.15, 0.2) is 12.2 Å². The van der Waals surface area contributed by atoms with Crippen molar-refractivity contribution in [3.8, 4) is 0 Å². The molecule has 13 heavy (non-hydrogen) atoms. The van der Waals surface area contributed by atoms with Crippen molar-refractivity contribution in [1.82, 2.24) is 0 Å². The van der Waals surface area contributed by atoms with Crippen LogP contribution in [0.3, 0.4) is 0 Å². The standard InChI is InChI=1S/C6H10O.C6H10/c1-4-2-3-5-6(4)7-5;1-6-4-2-3-5-6/h4-6H,2-3H2,1H3;2,4,6H,3,5H2,1H3/t4-,5-,6?;/m0./s1. The molecule has 2 unspecified atom stereocenters. The van der Waals surface area contributed by atoms with E-state index in [4.69, 9.17) is 4.74 Å². The van der Waals surface area contributed by atoms with Crippen molar-refractivity contribution in [2.24, 2.45) is 11.8 Å². The third kappa shape index (κ3) is 2.34. The van der Waals surface area contributed by atoms with Gasteiger partial charge in [0.05, 0.1) is 12.2 Å². The normalized spacial score (nSPS) is 45.4. The average Bonchev–Trinajstić information content (AvgIpc) is 2.61. The molecular weight excluding hydrogens is 160 g/mol. The summed E-state index contributed by atoms with van der Waals surface area (Å²) in [6, 6.07) is 0. The van der Waals surface area contributed by atoms with E-state index in [1.54, 1.807) is 0 Å². The van der Waals surface area contributed by atoms with Gasteiger partial charge in [-0.25, -0.2) is 0 Å². The third-order valence-corrected chi connectivity index (χ3v) is 3.34. The minimum atomic E-state index is 0.681. The van der Waals surface area contributed by atoms with E-state index in [2.05, 4.69) is 26.0 Å². The minimum Gasteiger partial charge on any atom is -0.369 e. The van der Waals surface area contributed by atoms with Crippen molar-refractivity contribution in [3.63, 3.8) is 0 Å². The number of hydrogen-bond donors (Lipinski definition) is 0. The molecule has 0 aromatic heterocycles. The van der Waals surface area contributed by atoms with Crippen molar-refractivity contribution in [1.29, 1.82) is 0 Å². The molecule has 1 aliphatic heterocycles. The van der Waals surface area contributed by atoms with E-state index < -0.39 is 0 Å². The molecule has 74 valence electrons. The fourth-order valence-corrected chi connectivity index (χ4v) is 2.26. The fraction of sp³-hybridized carbons (Fsp3) is 0.833. The number of allylic oxidation sites excluding steroid dienone is 2. The van der Waals surface area contributed by atoms with E-state index in [1.807, 2.05) is 0 Å². The molecule has 1 saturated carbocycles. The van der Waals surface area contributed by atoms with Crippen LogP contribution in [0, 0.1) is 11.8 Å². The Morgan fingerprint density at radius 3 is 2.15 bits per heavy atom. The number of fused-ring (bicyclic) bond motifs is 1. The lowest BCUT2D eigenvalue weighted by atomic mass is 10.1. The molecular formula is C12H20O. The Morgan fingerprint density at radius 2 is 2.00 bits per heavy atom. The Labute approximate surface area is 81.2 Å². The van der Waals surface area contributed by atoms with Gasteiger partial charge in [-0.1, -0.05) is 26.0 Å². The SMILES string of the molecule is CC1C=CCC1.C[C@H]1CC[C@@H]2OC21. The van der Waals surface area contributed by atoms with Gasteiger partial charge >= 0.3 is 0 Å².